The van der Waals surface area contributed by atoms with Gasteiger partial charge < -0.3 is 10.0 Å². The average Bonchev–Trinajstić information content (AvgIpc) is 2.74. The first-order valence-corrected chi connectivity index (χ1v) is 9.84. The third-order valence-corrected chi connectivity index (χ3v) is 4.83. The number of hydrogen-bond acceptors (Lipinski definition) is 2. The standard InChI is InChI=1S/C25H27NO2/c27-19-18-22-14-16-24(17-15-22)26(20-23-10-5-2-6-11-23)25(28)13-7-12-21-8-3-1-4-9-21/h1-6,8-11,14-17,27H,7,12-13,18-20H2. The van der Waals surface area contributed by atoms with Crippen LogP contribution >= 0.6 is 0 Å². The number of anilines is 1. The van der Waals surface area contributed by atoms with E-state index in [1.54, 1.807) is 0 Å². The molecule has 3 rings (SSSR count). The van der Waals surface area contributed by atoms with Crippen LogP contribution in [-0.2, 0) is 24.2 Å². The van der Waals surface area contributed by atoms with Gasteiger partial charge in [-0.1, -0.05) is 72.8 Å². The van der Waals surface area contributed by atoms with Gasteiger partial charge in [0, 0.05) is 18.7 Å². The molecule has 0 spiro atoms. The Morgan fingerprint density at radius 2 is 1.29 bits per heavy atom. The highest BCUT2D eigenvalue weighted by Gasteiger charge is 2.16. The number of rotatable bonds is 9. The molecule has 0 heterocycles. The number of aliphatic hydroxyl groups is 1. The molecule has 0 aliphatic carbocycles. The summed E-state index contributed by atoms with van der Waals surface area (Å²) in [5.41, 5.74) is 4.34. The maximum atomic E-state index is 13.0. The number of hydrogen-bond donors (Lipinski definition) is 1. The second kappa shape index (κ2) is 10.4. The fourth-order valence-electron chi connectivity index (χ4n) is 3.28. The van der Waals surface area contributed by atoms with Crippen LogP contribution in [0.3, 0.4) is 0 Å². The highest BCUT2D eigenvalue weighted by molar-refractivity contribution is 5.93. The quantitative estimate of drug-likeness (QED) is 0.586. The van der Waals surface area contributed by atoms with Gasteiger partial charge >= 0.3 is 0 Å². The molecule has 3 heteroatoms. The number of aliphatic hydroxyl groups excluding tert-OH is 1. The minimum Gasteiger partial charge on any atom is -0.396 e. The van der Waals surface area contributed by atoms with Gasteiger partial charge in [0.05, 0.1) is 6.54 Å². The fraction of sp³-hybridized carbons (Fsp3) is 0.240. The van der Waals surface area contributed by atoms with Crippen molar-refractivity contribution in [3.63, 3.8) is 0 Å². The molecule has 0 radical (unpaired) electrons. The van der Waals surface area contributed by atoms with Crippen molar-refractivity contribution in [2.24, 2.45) is 0 Å². The van der Waals surface area contributed by atoms with Crippen LogP contribution in [0.2, 0.25) is 0 Å². The van der Waals surface area contributed by atoms with Crippen LogP contribution in [0.1, 0.15) is 29.5 Å². The van der Waals surface area contributed by atoms with E-state index in [1.807, 2.05) is 77.7 Å². The van der Waals surface area contributed by atoms with E-state index in [4.69, 9.17) is 5.11 Å². The Hall–Kier alpha value is -2.91. The van der Waals surface area contributed by atoms with Crippen molar-refractivity contribution < 1.29 is 9.90 Å². The fourth-order valence-corrected chi connectivity index (χ4v) is 3.28. The Labute approximate surface area is 167 Å². The van der Waals surface area contributed by atoms with E-state index in [-0.39, 0.29) is 12.5 Å². The van der Waals surface area contributed by atoms with Gasteiger partial charge in [0.1, 0.15) is 0 Å². The van der Waals surface area contributed by atoms with E-state index in [0.717, 1.165) is 29.7 Å². The van der Waals surface area contributed by atoms with Crippen molar-refractivity contribution in [2.75, 3.05) is 11.5 Å². The number of carbonyl (C=O) groups is 1. The Balaban J connectivity index is 1.70. The predicted octanol–water partition coefficient (Wildman–Crippen LogP) is 4.78. The van der Waals surface area contributed by atoms with Crippen molar-refractivity contribution in [1.29, 1.82) is 0 Å². The smallest absolute Gasteiger partial charge is 0.227 e. The van der Waals surface area contributed by atoms with Gasteiger partial charge in [-0.3, -0.25) is 4.79 Å². The molecule has 28 heavy (non-hydrogen) atoms. The van der Waals surface area contributed by atoms with Gasteiger partial charge in [0.25, 0.3) is 0 Å². The molecule has 3 aromatic rings. The number of amides is 1. The lowest BCUT2D eigenvalue weighted by Gasteiger charge is -2.23. The van der Waals surface area contributed by atoms with Crippen molar-refractivity contribution in [3.8, 4) is 0 Å². The second-order valence-electron chi connectivity index (χ2n) is 6.94. The average molecular weight is 373 g/mol. The molecule has 0 aliphatic heterocycles. The molecule has 0 fully saturated rings. The van der Waals surface area contributed by atoms with Gasteiger partial charge in [0.15, 0.2) is 0 Å². The summed E-state index contributed by atoms with van der Waals surface area (Å²) in [7, 11) is 0. The SMILES string of the molecule is O=C(CCCc1ccccc1)N(Cc1ccccc1)c1ccc(CCO)cc1. The molecule has 0 aromatic heterocycles. The monoisotopic (exact) mass is 373 g/mol. The Kier molecular flexibility index (Phi) is 7.39. The lowest BCUT2D eigenvalue weighted by molar-refractivity contribution is -0.118. The summed E-state index contributed by atoms with van der Waals surface area (Å²) >= 11 is 0. The molecule has 0 bridgehead atoms. The molecule has 0 atom stereocenters. The minimum atomic E-state index is 0.130. The van der Waals surface area contributed by atoms with Crippen molar-refractivity contribution in [2.45, 2.75) is 32.2 Å². The lowest BCUT2D eigenvalue weighted by Crippen LogP contribution is -2.30. The molecule has 1 N–H and O–H groups in total. The van der Waals surface area contributed by atoms with Crippen LogP contribution in [0.5, 0.6) is 0 Å². The van der Waals surface area contributed by atoms with Gasteiger partial charge in [-0.25, -0.2) is 0 Å². The maximum Gasteiger partial charge on any atom is 0.227 e. The van der Waals surface area contributed by atoms with E-state index < -0.39 is 0 Å². The Bertz CT molecular complexity index is 845. The molecule has 1 amide bonds. The minimum absolute atomic E-state index is 0.130. The van der Waals surface area contributed by atoms with Crippen LogP contribution in [0, 0.1) is 0 Å². The molecule has 0 saturated carbocycles. The number of benzene rings is 3. The van der Waals surface area contributed by atoms with Gasteiger partial charge in [-0.05, 0) is 48.1 Å². The first-order chi connectivity index (χ1) is 13.8. The van der Waals surface area contributed by atoms with Crippen LogP contribution in [0.15, 0.2) is 84.9 Å². The first kappa shape index (κ1) is 19.8. The van der Waals surface area contributed by atoms with Gasteiger partial charge in [0.2, 0.25) is 5.91 Å². The summed E-state index contributed by atoms with van der Waals surface area (Å²) in [5.74, 6) is 0.134. The zero-order valence-electron chi connectivity index (χ0n) is 16.1. The third-order valence-electron chi connectivity index (χ3n) is 4.83. The molecule has 3 nitrogen and oxygen atoms in total. The summed E-state index contributed by atoms with van der Waals surface area (Å²) in [6.07, 6.45) is 2.88. The van der Waals surface area contributed by atoms with Crippen molar-refractivity contribution in [1.82, 2.24) is 0 Å². The maximum absolute atomic E-state index is 13.0. The summed E-state index contributed by atoms with van der Waals surface area (Å²) in [6.45, 7) is 0.690. The van der Waals surface area contributed by atoms with Crippen molar-refractivity contribution >= 4 is 11.6 Å². The van der Waals surface area contributed by atoms with Crippen molar-refractivity contribution in [3.05, 3.63) is 102 Å². The summed E-state index contributed by atoms with van der Waals surface area (Å²) < 4.78 is 0. The number of aryl methyl sites for hydroxylation is 1. The molecule has 144 valence electrons. The van der Waals surface area contributed by atoms with Crippen LogP contribution < -0.4 is 4.90 Å². The van der Waals surface area contributed by atoms with E-state index in [9.17, 15) is 4.79 Å². The topological polar surface area (TPSA) is 40.5 Å². The predicted molar refractivity (Wildman–Crippen MR) is 114 cm³/mol. The normalized spacial score (nSPS) is 10.6. The molecule has 0 unspecified atom stereocenters. The molecular formula is C25H27NO2. The third kappa shape index (κ3) is 5.80. The second-order valence-corrected chi connectivity index (χ2v) is 6.94. The molecule has 0 saturated heterocycles. The van der Waals surface area contributed by atoms with E-state index in [0.29, 0.717) is 19.4 Å². The van der Waals surface area contributed by atoms with Crippen LogP contribution in [-0.4, -0.2) is 17.6 Å². The first-order valence-electron chi connectivity index (χ1n) is 9.84. The molecule has 3 aromatic carbocycles. The zero-order valence-corrected chi connectivity index (χ0v) is 16.1. The molecule has 0 aliphatic rings. The summed E-state index contributed by atoms with van der Waals surface area (Å²) in [6, 6.07) is 28.3. The Morgan fingerprint density at radius 1 is 0.714 bits per heavy atom. The van der Waals surface area contributed by atoms with Crippen LogP contribution in [0.25, 0.3) is 0 Å². The summed E-state index contributed by atoms with van der Waals surface area (Å²) in [4.78, 5) is 14.9. The molecular weight excluding hydrogens is 346 g/mol. The number of nitrogens with zero attached hydrogens (tertiary/aromatic N) is 1. The lowest BCUT2D eigenvalue weighted by atomic mass is 10.1. The highest BCUT2D eigenvalue weighted by atomic mass is 16.3. The largest absolute Gasteiger partial charge is 0.396 e. The number of carbonyl (C=O) groups excluding carboxylic acids is 1. The van der Waals surface area contributed by atoms with E-state index >= 15 is 0 Å². The van der Waals surface area contributed by atoms with E-state index in [2.05, 4.69) is 12.1 Å². The zero-order chi connectivity index (χ0) is 19.6. The highest BCUT2D eigenvalue weighted by Crippen LogP contribution is 2.20. The Morgan fingerprint density at radius 3 is 1.89 bits per heavy atom. The van der Waals surface area contributed by atoms with Crippen LogP contribution in [0.4, 0.5) is 5.69 Å². The van der Waals surface area contributed by atoms with Gasteiger partial charge in [-0.15, -0.1) is 0 Å². The van der Waals surface area contributed by atoms with Gasteiger partial charge in [-0.2, -0.15) is 0 Å². The van der Waals surface area contributed by atoms with E-state index in [1.165, 1.54) is 5.56 Å². The summed E-state index contributed by atoms with van der Waals surface area (Å²) in [5, 5.41) is 9.11.